The van der Waals surface area contributed by atoms with Crippen LogP contribution in [0, 0.1) is 6.92 Å². The number of hydrogen-bond acceptors (Lipinski definition) is 4. The van der Waals surface area contributed by atoms with Crippen LogP contribution in [0.2, 0.25) is 5.02 Å². The number of halogens is 1. The topological polar surface area (TPSA) is 65.1 Å². The van der Waals surface area contributed by atoms with Crippen molar-refractivity contribution in [2.24, 2.45) is 0 Å². The fourth-order valence-corrected chi connectivity index (χ4v) is 4.04. The second kappa shape index (κ2) is 9.33. The molecule has 0 aliphatic carbocycles. The highest BCUT2D eigenvalue weighted by Gasteiger charge is 2.29. The fourth-order valence-electron chi connectivity index (χ4n) is 3.87. The lowest BCUT2D eigenvalue weighted by Gasteiger charge is -2.38. The molecule has 0 aromatic heterocycles. The number of nitrogens with zero attached hydrogens (tertiary/aromatic N) is 3. The van der Waals surface area contributed by atoms with Crippen LogP contribution in [-0.2, 0) is 4.74 Å². The number of nitrogens with one attached hydrogen (secondary N) is 1. The number of ether oxygens (including phenoxy) is 1. The average Bonchev–Trinajstić information content (AvgIpc) is 2.69. The molecule has 0 spiro atoms. The molecule has 3 amide bonds. The van der Waals surface area contributed by atoms with Crippen LogP contribution in [0.3, 0.4) is 0 Å². The first kappa shape index (κ1) is 22.5. The molecule has 1 aromatic carbocycles. The predicted octanol–water partition coefficient (Wildman–Crippen LogP) is 3.88. The first-order chi connectivity index (χ1) is 14.1. The number of carbonyl (C=O) groups excluding carboxylic acids is 2. The van der Waals surface area contributed by atoms with E-state index in [1.165, 1.54) is 5.56 Å². The maximum atomic E-state index is 12.7. The number of anilines is 1. The number of hydrogen-bond donors (Lipinski definition) is 1. The van der Waals surface area contributed by atoms with Crippen molar-refractivity contribution in [3.8, 4) is 0 Å². The Labute approximate surface area is 184 Å². The van der Waals surface area contributed by atoms with Crippen LogP contribution in [0.15, 0.2) is 18.2 Å². The Bertz CT molecular complexity index is 764. The first-order valence-corrected chi connectivity index (χ1v) is 11.0. The van der Waals surface area contributed by atoms with Crippen LogP contribution in [0.25, 0.3) is 0 Å². The molecule has 2 aliphatic heterocycles. The molecule has 0 bridgehead atoms. The summed E-state index contributed by atoms with van der Waals surface area (Å²) in [4.78, 5) is 30.8. The van der Waals surface area contributed by atoms with E-state index in [2.05, 4.69) is 17.1 Å². The number of amides is 3. The summed E-state index contributed by atoms with van der Waals surface area (Å²) in [5.74, 6) is 0. The van der Waals surface area contributed by atoms with E-state index in [1.807, 2.05) is 43.9 Å². The van der Waals surface area contributed by atoms with Crippen molar-refractivity contribution in [3.05, 3.63) is 28.8 Å². The largest absolute Gasteiger partial charge is 0.444 e. The molecular formula is C22H33ClN4O3. The van der Waals surface area contributed by atoms with Gasteiger partial charge in [0.2, 0.25) is 0 Å². The van der Waals surface area contributed by atoms with Gasteiger partial charge in [0.25, 0.3) is 0 Å². The third-order valence-corrected chi connectivity index (χ3v) is 5.79. The van der Waals surface area contributed by atoms with Crippen molar-refractivity contribution >= 4 is 29.4 Å². The number of urea groups is 1. The van der Waals surface area contributed by atoms with Crippen LogP contribution < -0.4 is 10.2 Å². The summed E-state index contributed by atoms with van der Waals surface area (Å²) < 4.78 is 5.43. The van der Waals surface area contributed by atoms with Gasteiger partial charge >= 0.3 is 12.1 Å². The zero-order valence-corrected chi connectivity index (χ0v) is 19.2. The molecule has 2 fully saturated rings. The Morgan fingerprint density at radius 3 is 2.27 bits per heavy atom. The molecule has 1 aromatic rings. The van der Waals surface area contributed by atoms with Crippen LogP contribution in [0.4, 0.5) is 15.3 Å². The van der Waals surface area contributed by atoms with E-state index in [-0.39, 0.29) is 18.2 Å². The monoisotopic (exact) mass is 436 g/mol. The van der Waals surface area contributed by atoms with E-state index >= 15 is 0 Å². The summed E-state index contributed by atoms with van der Waals surface area (Å²) in [6, 6.07) is 5.99. The Morgan fingerprint density at radius 1 is 1.03 bits per heavy atom. The second-order valence-corrected chi connectivity index (χ2v) is 9.53. The molecular weight excluding hydrogens is 404 g/mol. The van der Waals surface area contributed by atoms with Crippen molar-refractivity contribution in [2.75, 3.05) is 44.2 Å². The van der Waals surface area contributed by atoms with Gasteiger partial charge in [0, 0.05) is 56.0 Å². The van der Waals surface area contributed by atoms with Gasteiger partial charge in [-0.05, 0) is 58.2 Å². The maximum absolute atomic E-state index is 12.7. The standard InChI is InChI=1S/C22H33ClN4O3/c1-16-5-6-17(23)15-19(16)25-11-13-26(14-12-25)20(28)24-18-7-9-27(10-8-18)21(29)30-22(2,3)4/h5-6,15,18H,7-14H2,1-4H3,(H,24,28). The van der Waals surface area contributed by atoms with Gasteiger partial charge in [0.15, 0.2) is 0 Å². The molecule has 1 N–H and O–H groups in total. The molecule has 0 radical (unpaired) electrons. The summed E-state index contributed by atoms with van der Waals surface area (Å²) in [6.07, 6.45) is 1.21. The zero-order chi connectivity index (χ0) is 21.9. The third kappa shape index (κ3) is 5.94. The Hall–Kier alpha value is -2.15. The highest BCUT2D eigenvalue weighted by Crippen LogP contribution is 2.25. The van der Waals surface area contributed by atoms with E-state index in [0.29, 0.717) is 26.2 Å². The van der Waals surface area contributed by atoms with E-state index in [9.17, 15) is 9.59 Å². The van der Waals surface area contributed by atoms with Crippen LogP contribution in [-0.4, -0.2) is 72.8 Å². The number of benzene rings is 1. The van der Waals surface area contributed by atoms with Crippen molar-refractivity contribution < 1.29 is 14.3 Å². The lowest BCUT2D eigenvalue weighted by molar-refractivity contribution is 0.0200. The number of rotatable bonds is 2. The molecule has 0 unspecified atom stereocenters. The molecule has 2 saturated heterocycles. The Kier molecular flexibility index (Phi) is 7.01. The lowest BCUT2D eigenvalue weighted by Crippen LogP contribution is -2.55. The summed E-state index contributed by atoms with van der Waals surface area (Å²) in [7, 11) is 0. The average molecular weight is 437 g/mol. The zero-order valence-electron chi connectivity index (χ0n) is 18.4. The molecule has 166 valence electrons. The predicted molar refractivity (Wildman–Crippen MR) is 119 cm³/mol. The van der Waals surface area contributed by atoms with Crippen LogP contribution >= 0.6 is 11.6 Å². The highest BCUT2D eigenvalue weighted by molar-refractivity contribution is 6.30. The minimum atomic E-state index is -0.492. The van der Waals surface area contributed by atoms with Gasteiger partial charge in [-0.2, -0.15) is 0 Å². The highest BCUT2D eigenvalue weighted by atomic mass is 35.5. The van der Waals surface area contributed by atoms with Crippen molar-refractivity contribution in [3.63, 3.8) is 0 Å². The molecule has 3 rings (SSSR count). The van der Waals surface area contributed by atoms with Crippen molar-refractivity contribution in [2.45, 2.75) is 52.2 Å². The molecule has 7 nitrogen and oxygen atoms in total. The van der Waals surface area contributed by atoms with Crippen molar-refractivity contribution in [1.82, 2.24) is 15.1 Å². The SMILES string of the molecule is Cc1ccc(Cl)cc1N1CCN(C(=O)NC2CCN(C(=O)OC(C)(C)C)CC2)CC1. The molecule has 2 heterocycles. The normalized spacial score (nSPS) is 18.4. The van der Waals surface area contributed by atoms with Gasteiger partial charge in [0.1, 0.15) is 5.60 Å². The van der Waals surface area contributed by atoms with Crippen molar-refractivity contribution in [1.29, 1.82) is 0 Å². The number of likely N-dealkylation sites (tertiary alicyclic amines) is 1. The fraction of sp³-hybridized carbons (Fsp3) is 0.636. The minimum Gasteiger partial charge on any atom is -0.444 e. The number of piperidine rings is 1. The van der Waals surface area contributed by atoms with E-state index in [4.69, 9.17) is 16.3 Å². The summed E-state index contributed by atoms with van der Waals surface area (Å²) in [6.45, 7) is 11.8. The number of aryl methyl sites for hydroxylation is 1. The molecule has 30 heavy (non-hydrogen) atoms. The lowest BCUT2D eigenvalue weighted by atomic mass is 10.1. The number of piperazine rings is 1. The van der Waals surface area contributed by atoms with Gasteiger partial charge in [-0.15, -0.1) is 0 Å². The third-order valence-electron chi connectivity index (χ3n) is 5.55. The van der Waals surface area contributed by atoms with Gasteiger partial charge in [-0.1, -0.05) is 17.7 Å². The summed E-state index contributed by atoms with van der Waals surface area (Å²) in [5, 5.41) is 3.87. The Balaban J connectivity index is 1.43. The smallest absolute Gasteiger partial charge is 0.410 e. The summed E-state index contributed by atoms with van der Waals surface area (Å²) >= 11 is 6.15. The Morgan fingerprint density at radius 2 is 1.67 bits per heavy atom. The van der Waals surface area contributed by atoms with E-state index in [0.717, 1.165) is 36.6 Å². The molecule has 8 heteroatoms. The van der Waals surface area contributed by atoms with Crippen LogP contribution in [0.1, 0.15) is 39.2 Å². The first-order valence-electron chi connectivity index (χ1n) is 10.7. The maximum Gasteiger partial charge on any atom is 0.410 e. The van der Waals surface area contributed by atoms with Gasteiger partial charge in [-0.25, -0.2) is 9.59 Å². The quantitative estimate of drug-likeness (QED) is 0.764. The summed E-state index contributed by atoms with van der Waals surface area (Å²) in [5.41, 5.74) is 1.83. The molecule has 0 saturated carbocycles. The van der Waals surface area contributed by atoms with E-state index < -0.39 is 5.60 Å². The van der Waals surface area contributed by atoms with E-state index in [1.54, 1.807) is 4.90 Å². The van der Waals surface area contributed by atoms with Gasteiger partial charge in [-0.3, -0.25) is 0 Å². The second-order valence-electron chi connectivity index (χ2n) is 9.10. The molecule has 2 aliphatic rings. The van der Waals surface area contributed by atoms with Crippen LogP contribution in [0.5, 0.6) is 0 Å². The minimum absolute atomic E-state index is 0.0202. The molecule has 0 atom stereocenters. The van der Waals surface area contributed by atoms with Gasteiger partial charge in [0.05, 0.1) is 0 Å². The van der Waals surface area contributed by atoms with Gasteiger partial charge < -0.3 is 24.8 Å². The number of carbonyl (C=O) groups is 2.